The summed E-state index contributed by atoms with van der Waals surface area (Å²) >= 11 is 0. The number of nitrogens with one attached hydrogen (secondary N) is 1. The Labute approximate surface area is 387 Å². The van der Waals surface area contributed by atoms with Crippen LogP contribution in [0.2, 0.25) is 0 Å². The highest BCUT2D eigenvalue weighted by atomic mass is 16.5. The largest absolute Gasteiger partial charge is 0.515 e. The Bertz CT molecular complexity index is 2350. The van der Waals surface area contributed by atoms with Gasteiger partial charge in [-0.3, -0.25) is 14.4 Å². The molecule has 0 aromatic heterocycles. The zero-order valence-electron chi connectivity index (χ0n) is 40.7. The number of ketones is 1. The number of hydrogen-bond donors (Lipinski definition) is 2. The average Bonchev–Trinajstić information content (AvgIpc) is 4.02. The van der Waals surface area contributed by atoms with Crippen molar-refractivity contribution >= 4 is 34.9 Å². The molecular weight excluding hydrogens is 813 g/mol. The number of carbonyl (C=O) groups excluding carboxylic acids is 3. The molecule has 0 unspecified atom stereocenters. The summed E-state index contributed by atoms with van der Waals surface area (Å²) in [5, 5.41) is 14.1. The van der Waals surface area contributed by atoms with Gasteiger partial charge in [-0.05, 0) is 105 Å². The lowest BCUT2D eigenvalue weighted by molar-refractivity contribution is -0.146. The van der Waals surface area contributed by atoms with Crippen molar-refractivity contribution in [2.24, 2.45) is 50.5 Å². The SMILES string of the molecule is C=CC1=C(C)C2=NC1=CC1=NC(=C(CC)C1=CO)C=C1N=C3C(=C1C)C(=O)[C@@H](C(=O)OC)C3=C1NC(=C2)[C@H](C)[C@H]1CCC(=O)OCC=C(C)CCC[C@H](C)CCC[C@H](C)CCCC(C)C. The van der Waals surface area contributed by atoms with Crippen LogP contribution in [0.5, 0.6) is 0 Å². The third-order valence-electron chi connectivity index (χ3n) is 14.2. The standard InChI is InChI=1S/C55H72N4O6/c1-12-38-35(8)42-27-43-36(9)40(23-24-48(61)65-26-25-34(7)22-16-21-33(6)20-15-19-32(5)18-14-17-31(3)4)52(58-43)50-51(55(63)64-11)54(62)49-37(10)44(59-53(49)50)28-46-39(13-2)41(30-60)47(57-46)29-45(38)56-42/h12,25,27-33,36,40,51,58,60H,1,13-24,26H2,2-11H3/t32-,33-,36-,40-,51+/m1/s1. The summed E-state index contributed by atoms with van der Waals surface area (Å²) in [5.41, 5.74) is 10.9. The van der Waals surface area contributed by atoms with E-state index in [1.807, 2.05) is 45.1 Å². The molecule has 0 spiro atoms. The van der Waals surface area contributed by atoms with Crippen LogP contribution >= 0.6 is 0 Å². The third kappa shape index (κ3) is 10.8. The summed E-state index contributed by atoms with van der Waals surface area (Å²) in [4.78, 5) is 56.5. The maximum Gasteiger partial charge on any atom is 0.321 e. The van der Waals surface area contributed by atoms with Gasteiger partial charge < -0.3 is 19.9 Å². The molecule has 5 heterocycles. The van der Waals surface area contributed by atoms with Gasteiger partial charge in [0, 0.05) is 51.9 Å². The lowest BCUT2D eigenvalue weighted by atomic mass is 9.85. The van der Waals surface area contributed by atoms with Gasteiger partial charge in [0.25, 0.3) is 0 Å². The van der Waals surface area contributed by atoms with Gasteiger partial charge in [-0.1, -0.05) is 105 Å². The minimum absolute atomic E-state index is 0.139. The van der Waals surface area contributed by atoms with Crippen LogP contribution in [0, 0.1) is 35.5 Å². The number of aliphatic hydroxyl groups excluding tert-OH is 1. The molecule has 0 radical (unpaired) electrons. The second-order valence-corrected chi connectivity index (χ2v) is 19.4. The number of rotatable bonds is 20. The molecule has 2 N–H and O–H groups in total. The monoisotopic (exact) mass is 885 g/mol. The van der Waals surface area contributed by atoms with Crippen LogP contribution < -0.4 is 5.32 Å². The number of fused-ring (bicyclic) bond motifs is 5. The van der Waals surface area contributed by atoms with E-state index in [-0.39, 0.29) is 36.6 Å². The number of nitrogens with zero attached hydrogens (tertiary/aromatic N) is 3. The number of esters is 2. The summed E-state index contributed by atoms with van der Waals surface area (Å²) in [6.45, 7) is 23.7. The molecule has 6 rings (SSSR count). The molecule has 1 aliphatic carbocycles. The van der Waals surface area contributed by atoms with Crippen LogP contribution in [0.4, 0.5) is 0 Å². The molecule has 5 atom stereocenters. The fourth-order valence-corrected chi connectivity index (χ4v) is 10.1. The Balaban J connectivity index is 1.21. The van der Waals surface area contributed by atoms with Crippen molar-refractivity contribution in [3.05, 3.63) is 116 Å². The summed E-state index contributed by atoms with van der Waals surface area (Å²) in [5.74, 6) is -0.732. The maximum absolute atomic E-state index is 14.4. The molecule has 6 aliphatic rings. The van der Waals surface area contributed by atoms with E-state index < -0.39 is 11.9 Å². The van der Waals surface area contributed by atoms with E-state index in [2.05, 4.69) is 53.4 Å². The molecule has 2 fully saturated rings. The molecule has 0 amide bonds. The summed E-state index contributed by atoms with van der Waals surface area (Å²) in [6.07, 6.45) is 22.9. The normalized spacial score (nSPS) is 23.2. The van der Waals surface area contributed by atoms with E-state index in [4.69, 9.17) is 24.5 Å². The van der Waals surface area contributed by atoms with Crippen molar-refractivity contribution in [1.82, 2.24) is 5.32 Å². The predicted molar refractivity (Wildman–Crippen MR) is 262 cm³/mol. The van der Waals surface area contributed by atoms with Gasteiger partial charge in [-0.2, -0.15) is 0 Å². The number of Topliss-reactive ketones (excluding diaryl/α,β-unsaturated/α-hetero) is 1. The molecule has 1 saturated heterocycles. The molecule has 5 aliphatic heterocycles. The molecule has 1 saturated carbocycles. The first kappa shape index (κ1) is 49.1. The second-order valence-electron chi connectivity index (χ2n) is 19.4. The van der Waals surface area contributed by atoms with Gasteiger partial charge in [0.1, 0.15) is 12.5 Å². The highest BCUT2D eigenvalue weighted by Gasteiger charge is 2.52. The van der Waals surface area contributed by atoms with E-state index >= 15 is 0 Å². The molecule has 10 nitrogen and oxygen atoms in total. The lowest BCUT2D eigenvalue weighted by Gasteiger charge is -2.19. The number of hydrogen-bond acceptors (Lipinski definition) is 10. The smallest absolute Gasteiger partial charge is 0.321 e. The van der Waals surface area contributed by atoms with Gasteiger partial charge in [0.2, 0.25) is 0 Å². The van der Waals surface area contributed by atoms with E-state index in [0.717, 1.165) is 53.4 Å². The van der Waals surface area contributed by atoms with Crippen LogP contribution in [0.1, 0.15) is 139 Å². The van der Waals surface area contributed by atoms with Crippen LogP contribution in [0.3, 0.4) is 0 Å². The van der Waals surface area contributed by atoms with Crippen molar-refractivity contribution in [2.75, 3.05) is 13.7 Å². The first-order chi connectivity index (χ1) is 31.1. The van der Waals surface area contributed by atoms with Gasteiger partial charge in [-0.25, -0.2) is 15.0 Å². The minimum atomic E-state index is -1.23. The molecule has 0 aromatic carbocycles. The Hall–Kier alpha value is -5.38. The molecule has 0 aromatic rings. The van der Waals surface area contributed by atoms with Gasteiger partial charge in [0.15, 0.2) is 5.78 Å². The zero-order valence-corrected chi connectivity index (χ0v) is 40.7. The molecule has 348 valence electrons. The van der Waals surface area contributed by atoms with E-state index in [1.54, 1.807) is 6.08 Å². The minimum Gasteiger partial charge on any atom is -0.515 e. The first-order valence-electron chi connectivity index (χ1n) is 24.1. The van der Waals surface area contributed by atoms with E-state index in [9.17, 15) is 19.5 Å². The van der Waals surface area contributed by atoms with Crippen LogP contribution in [0.15, 0.2) is 131 Å². The average molecular weight is 885 g/mol. The van der Waals surface area contributed by atoms with E-state index in [0.29, 0.717) is 81.0 Å². The van der Waals surface area contributed by atoms with Gasteiger partial charge >= 0.3 is 11.9 Å². The number of aliphatic hydroxyl groups is 1. The molecule has 65 heavy (non-hydrogen) atoms. The third-order valence-corrected chi connectivity index (χ3v) is 14.2. The van der Waals surface area contributed by atoms with Crippen molar-refractivity contribution in [1.29, 1.82) is 0 Å². The van der Waals surface area contributed by atoms with Crippen LogP contribution in [-0.2, 0) is 23.9 Å². The zero-order chi connectivity index (χ0) is 47.1. The number of methoxy groups -OCH3 is 1. The van der Waals surface area contributed by atoms with E-state index in [1.165, 1.54) is 57.6 Å². The topological polar surface area (TPSA) is 139 Å². The summed E-state index contributed by atoms with van der Waals surface area (Å²) in [6, 6.07) is 0. The van der Waals surface area contributed by atoms with Crippen molar-refractivity contribution in [3.8, 4) is 0 Å². The number of aliphatic imine (C=N–C) groups is 3. The van der Waals surface area contributed by atoms with Crippen molar-refractivity contribution in [2.45, 2.75) is 139 Å². The van der Waals surface area contributed by atoms with Crippen LogP contribution in [0.25, 0.3) is 0 Å². The maximum atomic E-state index is 14.4. The van der Waals surface area contributed by atoms with Gasteiger partial charge in [-0.15, -0.1) is 0 Å². The highest BCUT2D eigenvalue weighted by Crippen LogP contribution is 2.47. The fourth-order valence-electron chi connectivity index (χ4n) is 10.1. The number of allylic oxidation sites excluding steroid dienone is 12. The first-order valence-corrected chi connectivity index (χ1v) is 24.1. The molecular formula is C55H72N4O6. The van der Waals surface area contributed by atoms with Crippen LogP contribution in [-0.4, -0.2) is 53.7 Å². The Morgan fingerprint density at radius 1 is 0.908 bits per heavy atom. The Morgan fingerprint density at radius 2 is 1.60 bits per heavy atom. The summed E-state index contributed by atoms with van der Waals surface area (Å²) < 4.78 is 11.0. The predicted octanol–water partition coefficient (Wildman–Crippen LogP) is 12.1. The highest BCUT2D eigenvalue weighted by molar-refractivity contribution is 6.42. The number of ether oxygens (including phenoxy) is 2. The number of carbonyl (C=O) groups is 3. The summed E-state index contributed by atoms with van der Waals surface area (Å²) in [7, 11) is 1.29. The Kier molecular flexibility index (Phi) is 16.4. The Morgan fingerprint density at radius 3 is 2.25 bits per heavy atom. The van der Waals surface area contributed by atoms with Crippen molar-refractivity contribution < 1.29 is 29.0 Å². The molecule has 8 bridgehead atoms. The van der Waals surface area contributed by atoms with Gasteiger partial charge in [0.05, 0.1) is 47.6 Å². The second kappa shape index (κ2) is 21.7. The van der Waals surface area contributed by atoms with Crippen molar-refractivity contribution in [3.63, 3.8) is 0 Å². The molecule has 10 heteroatoms. The quantitative estimate of drug-likeness (QED) is 0.0537. The lowest BCUT2D eigenvalue weighted by Crippen LogP contribution is -2.26. The fraction of sp³-hybridized carbons (Fsp3) is 0.527.